The van der Waals surface area contributed by atoms with Crippen molar-refractivity contribution in [3.05, 3.63) is 103 Å². The van der Waals surface area contributed by atoms with E-state index in [1.807, 2.05) is 18.2 Å². The zero-order chi connectivity index (χ0) is 21.3. The summed E-state index contributed by atoms with van der Waals surface area (Å²) in [6, 6.07) is 17.2. The highest BCUT2D eigenvalue weighted by molar-refractivity contribution is 8.04. The fourth-order valence-corrected chi connectivity index (χ4v) is 3.95. The average Bonchev–Trinajstić information content (AvgIpc) is 3.05. The van der Waals surface area contributed by atoms with Crippen LogP contribution in [0.5, 0.6) is 11.5 Å². The van der Waals surface area contributed by atoms with Gasteiger partial charge < -0.3 is 4.74 Å². The minimum atomic E-state index is -0.734. The molecule has 0 aliphatic carbocycles. The number of ketones is 1. The molecule has 0 bridgehead atoms. The molecule has 3 aromatic rings. The Labute approximate surface area is 174 Å². The van der Waals surface area contributed by atoms with Gasteiger partial charge in [-0.05, 0) is 42.0 Å². The first kappa shape index (κ1) is 19.3. The van der Waals surface area contributed by atoms with Crippen LogP contribution in [0.15, 0.2) is 76.5 Å². The number of allylic oxidation sites excluding steroid dienone is 1. The summed E-state index contributed by atoms with van der Waals surface area (Å²) >= 11 is 1.41. The second-order valence-electron chi connectivity index (χ2n) is 6.27. The molecule has 0 unspecified atom stereocenters. The molecule has 1 aliphatic heterocycles. The number of hydrogen-bond donors (Lipinski definition) is 0. The maximum Gasteiger partial charge on any atom is 0.318 e. The summed E-state index contributed by atoms with van der Waals surface area (Å²) in [6.45, 7) is 0. The number of non-ortho nitro benzene ring substituents is 1. The number of Topliss-reactive ketones (excluding diaryl/α,β-unsaturated/α-hetero) is 1. The van der Waals surface area contributed by atoms with E-state index in [9.17, 15) is 25.0 Å². The molecule has 1 aliphatic rings. The highest BCUT2D eigenvalue weighted by Gasteiger charge is 2.25. The molecule has 0 amide bonds. The molecule has 0 aromatic heterocycles. The number of fused-ring (bicyclic) bond motifs is 1. The van der Waals surface area contributed by atoms with Gasteiger partial charge in [0.15, 0.2) is 0 Å². The normalized spacial score (nSPS) is 13.9. The van der Waals surface area contributed by atoms with Crippen LogP contribution in [0.4, 0.5) is 11.4 Å². The number of carbonyl (C=O) groups excluding carboxylic acids is 1. The van der Waals surface area contributed by atoms with E-state index >= 15 is 0 Å². The number of hydrogen-bond acceptors (Lipinski definition) is 7. The third kappa shape index (κ3) is 3.78. The van der Waals surface area contributed by atoms with Crippen LogP contribution in [-0.4, -0.2) is 15.6 Å². The van der Waals surface area contributed by atoms with Crippen molar-refractivity contribution in [1.29, 1.82) is 0 Å². The number of carbonyl (C=O) groups is 1. The van der Waals surface area contributed by atoms with Crippen LogP contribution in [0.2, 0.25) is 0 Å². The Hall–Kier alpha value is -3.98. The van der Waals surface area contributed by atoms with Gasteiger partial charge in [-0.3, -0.25) is 25.0 Å². The van der Waals surface area contributed by atoms with Gasteiger partial charge in [0.05, 0.1) is 20.8 Å². The fraction of sp³-hybridized carbons (Fsp3) is 0. The highest BCUT2D eigenvalue weighted by atomic mass is 32.2. The van der Waals surface area contributed by atoms with Crippen LogP contribution in [-0.2, 0) is 0 Å². The molecular formula is C21H12N2O6S. The van der Waals surface area contributed by atoms with E-state index in [0.29, 0.717) is 16.2 Å². The first-order valence-corrected chi connectivity index (χ1v) is 9.48. The third-order valence-electron chi connectivity index (χ3n) is 4.33. The molecule has 0 saturated carbocycles. The number of nitro groups is 2. The van der Waals surface area contributed by atoms with Gasteiger partial charge in [0.2, 0.25) is 11.5 Å². The fourth-order valence-electron chi connectivity index (χ4n) is 2.89. The second-order valence-corrected chi connectivity index (χ2v) is 7.36. The predicted octanol–water partition coefficient (Wildman–Crippen LogP) is 5.62. The molecule has 0 saturated heterocycles. The van der Waals surface area contributed by atoms with E-state index in [1.54, 1.807) is 36.4 Å². The highest BCUT2D eigenvalue weighted by Crippen LogP contribution is 2.41. The summed E-state index contributed by atoms with van der Waals surface area (Å²) in [7, 11) is 0. The van der Waals surface area contributed by atoms with Gasteiger partial charge >= 0.3 is 5.69 Å². The van der Waals surface area contributed by atoms with Gasteiger partial charge in [0.1, 0.15) is 5.75 Å². The summed E-state index contributed by atoms with van der Waals surface area (Å²) in [5, 5.41) is 22.1. The summed E-state index contributed by atoms with van der Waals surface area (Å²) in [5.74, 6) is 0.189. The van der Waals surface area contributed by atoms with Crippen molar-refractivity contribution in [2.75, 3.05) is 0 Å². The number of ether oxygens (including phenoxy) is 1. The molecule has 1 heterocycles. The van der Waals surface area contributed by atoms with Gasteiger partial charge in [-0.1, -0.05) is 36.0 Å². The Kier molecular flexibility index (Phi) is 5.03. The maximum atomic E-state index is 12.5. The second kappa shape index (κ2) is 7.80. The van der Waals surface area contributed by atoms with Crippen molar-refractivity contribution in [2.45, 2.75) is 4.90 Å². The number of nitro benzene ring substituents is 2. The summed E-state index contributed by atoms with van der Waals surface area (Å²) in [6.07, 6.45) is 1.77. The maximum absolute atomic E-state index is 12.5. The molecular weight excluding hydrogens is 408 g/mol. The lowest BCUT2D eigenvalue weighted by Crippen LogP contribution is -1.96. The van der Waals surface area contributed by atoms with Crippen molar-refractivity contribution in [3.8, 4) is 11.5 Å². The van der Waals surface area contributed by atoms with Crippen LogP contribution in [0.3, 0.4) is 0 Å². The quantitative estimate of drug-likeness (QED) is 0.299. The first-order chi connectivity index (χ1) is 14.4. The molecule has 0 N–H and O–H groups in total. The van der Waals surface area contributed by atoms with Crippen LogP contribution in [0.25, 0.3) is 6.08 Å². The zero-order valence-electron chi connectivity index (χ0n) is 15.2. The average molecular weight is 420 g/mol. The topological polar surface area (TPSA) is 113 Å². The molecule has 30 heavy (non-hydrogen) atoms. The van der Waals surface area contributed by atoms with Crippen molar-refractivity contribution in [2.24, 2.45) is 0 Å². The van der Waals surface area contributed by atoms with Crippen molar-refractivity contribution >= 4 is 35.0 Å². The van der Waals surface area contributed by atoms with Crippen LogP contribution in [0, 0.1) is 20.2 Å². The van der Waals surface area contributed by atoms with Gasteiger partial charge in [0, 0.05) is 16.5 Å². The smallest absolute Gasteiger partial charge is 0.318 e. The Morgan fingerprint density at radius 3 is 2.30 bits per heavy atom. The number of benzene rings is 3. The molecule has 3 aromatic carbocycles. The minimum absolute atomic E-state index is 0.0302. The summed E-state index contributed by atoms with van der Waals surface area (Å²) < 4.78 is 5.55. The molecule has 0 fully saturated rings. The Morgan fingerprint density at radius 2 is 1.63 bits per heavy atom. The Bertz CT molecular complexity index is 1220. The van der Waals surface area contributed by atoms with Gasteiger partial charge in [-0.25, -0.2) is 0 Å². The predicted molar refractivity (Wildman–Crippen MR) is 111 cm³/mol. The molecule has 8 nitrogen and oxygen atoms in total. The molecule has 148 valence electrons. The molecule has 4 rings (SSSR count). The summed E-state index contributed by atoms with van der Waals surface area (Å²) in [5.41, 5.74) is 0.556. The SMILES string of the molecule is O=C1/C(=C/c2ccc(Oc3ccc([N+](=O)[O-])cc3[N+](=O)[O-])cc2)Sc2ccccc21. The number of nitrogens with zero attached hydrogens (tertiary/aromatic N) is 2. The van der Waals surface area contributed by atoms with E-state index in [4.69, 9.17) is 4.74 Å². The van der Waals surface area contributed by atoms with Gasteiger partial charge in [-0.2, -0.15) is 0 Å². The number of thioether (sulfide) groups is 1. The van der Waals surface area contributed by atoms with E-state index < -0.39 is 21.2 Å². The monoisotopic (exact) mass is 420 g/mol. The largest absolute Gasteiger partial charge is 0.450 e. The standard InChI is InChI=1S/C21H12N2O6S/c24-21-16-3-1-2-4-19(16)30-20(21)11-13-5-8-15(9-6-13)29-18-10-7-14(22(25)26)12-17(18)23(27)28/h1-12H/b20-11-. The van der Waals surface area contributed by atoms with E-state index in [1.165, 1.54) is 17.8 Å². The van der Waals surface area contributed by atoms with E-state index in [-0.39, 0.29) is 11.5 Å². The number of rotatable bonds is 5. The minimum Gasteiger partial charge on any atom is -0.450 e. The molecule has 0 radical (unpaired) electrons. The molecule has 9 heteroatoms. The third-order valence-corrected chi connectivity index (χ3v) is 5.43. The zero-order valence-corrected chi connectivity index (χ0v) is 16.0. The lowest BCUT2D eigenvalue weighted by atomic mass is 10.1. The Morgan fingerprint density at radius 1 is 0.900 bits per heavy atom. The van der Waals surface area contributed by atoms with Crippen molar-refractivity contribution in [3.63, 3.8) is 0 Å². The van der Waals surface area contributed by atoms with Crippen molar-refractivity contribution < 1.29 is 19.4 Å². The lowest BCUT2D eigenvalue weighted by molar-refractivity contribution is -0.394. The van der Waals surface area contributed by atoms with E-state index in [0.717, 1.165) is 22.6 Å². The first-order valence-electron chi connectivity index (χ1n) is 8.66. The molecule has 0 atom stereocenters. The molecule has 0 spiro atoms. The van der Waals surface area contributed by atoms with Crippen molar-refractivity contribution in [1.82, 2.24) is 0 Å². The van der Waals surface area contributed by atoms with Gasteiger partial charge in [-0.15, -0.1) is 0 Å². The van der Waals surface area contributed by atoms with Gasteiger partial charge in [0.25, 0.3) is 5.69 Å². The van der Waals surface area contributed by atoms with Crippen LogP contribution >= 0.6 is 11.8 Å². The summed E-state index contributed by atoms with van der Waals surface area (Å²) in [4.78, 5) is 34.6. The Balaban J connectivity index is 1.55. The van der Waals surface area contributed by atoms with E-state index in [2.05, 4.69) is 0 Å². The van der Waals surface area contributed by atoms with Crippen LogP contribution in [0.1, 0.15) is 15.9 Å². The lowest BCUT2D eigenvalue weighted by Gasteiger charge is -2.06. The van der Waals surface area contributed by atoms with Crippen LogP contribution < -0.4 is 4.74 Å².